The van der Waals surface area contributed by atoms with Crippen LogP contribution in [-0.2, 0) is 12.8 Å². The molecule has 0 amide bonds. The van der Waals surface area contributed by atoms with Gasteiger partial charge >= 0.3 is 0 Å². The van der Waals surface area contributed by atoms with Crippen LogP contribution in [0.15, 0.2) is 16.6 Å². The first-order valence-corrected chi connectivity index (χ1v) is 6.87. The summed E-state index contributed by atoms with van der Waals surface area (Å²) in [4.78, 5) is 0. The van der Waals surface area contributed by atoms with Crippen LogP contribution in [0, 0.1) is 0 Å². The van der Waals surface area contributed by atoms with Crippen molar-refractivity contribution in [3.05, 3.63) is 33.3 Å². The minimum Gasteiger partial charge on any atom is -0.0651 e. The van der Waals surface area contributed by atoms with Gasteiger partial charge in [-0.2, -0.15) is 0 Å². The van der Waals surface area contributed by atoms with Gasteiger partial charge in [0, 0.05) is 4.47 Å². The lowest BCUT2D eigenvalue weighted by Crippen LogP contribution is -1.99. The van der Waals surface area contributed by atoms with Gasteiger partial charge < -0.3 is 0 Å². The van der Waals surface area contributed by atoms with E-state index in [1.807, 2.05) is 0 Å². The Kier molecular flexibility index (Phi) is 3.50. The smallest absolute Gasteiger partial charge is 0.0210 e. The van der Waals surface area contributed by atoms with Gasteiger partial charge in [0.05, 0.1) is 0 Å². The highest BCUT2D eigenvalue weighted by molar-refractivity contribution is 9.10. The summed E-state index contributed by atoms with van der Waals surface area (Å²) in [6.45, 7) is 4.53. The molecule has 0 heterocycles. The van der Waals surface area contributed by atoms with Crippen LogP contribution in [0.1, 0.15) is 55.7 Å². The van der Waals surface area contributed by atoms with Gasteiger partial charge in [0.15, 0.2) is 0 Å². The van der Waals surface area contributed by atoms with Gasteiger partial charge in [-0.1, -0.05) is 42.3 Å². The second-order valence-electron chi connectivity index (χ2n) is 4.47. The fourth-order valence-electron chi connectivity index (χ4n) is 2.39. The van der Waals surface area contributed by atoms with Gasteiger partial charge in [-0.05, 0) is 54.4 Å². The number of hydrogen-bond acceptors (Lipinski definition) is 0. The van der Waals surface area contributed by atoms with Crippen molar-refractivity contribution in [2.24, 2.45) is 0 Å². The van der Waals surface area contributed by atoms with Gasteiger partial charge in [0.1, 0.15) is 0 Å². The Bertz CT molecular complexity index is 351. The number of hydrogen-bond donors (Lipinski definition) is 0. The van der Waals surface area contributed by atoms with Gasteiger partial charge in [0.2, 0.25) is 0 Å². The van der Waals surface area contributed by atoms with Gasteiger partial charge in [-0.3, -0.25) is 0 Å². The molecule has 0 spiro atoms. The maximum absolute atomic E-state index is 3.68. The molecule has 0 N–H and O–H groups in total. The predicted molar refractivity (Wildman–Crippen MR) is 69.5 cm³/mol. The second kappa shape index (κ2) is 4.69. The molecule has 82 valence electrons. The normalized spacial score (nSPS) is 15.7. The first-order valence-electron chi connectivity index (χ1n) is 6.08. The van der Waals surface area contributed by atoms with Crippen LogP contribution in [0.4, 0.5) is 0 Å². The van der Waals surface area contributed by atoms with E-state index in [9.17, 15) is 0 Å². The summed E-state index contributed by atoms with van der Waals surface area (Å²) in [5.41, 5.74) is 4.81. The van der Waals surface area contributed by atoms with E-state index in [0.29, 0.717) is 0 Å². The molecule has 1 aliphatic carbocycles. The Labute approximate surface area is 101 Å². The SMILES string of the molecule is CCCc1c(C2CC2)ccc(Br)c1CC. The molecule has 1 aliphatic rings. The Morgan fingerprint density at radius 3 is 2.47 bits per heavy atom. The summed E-state index contributed by atoms with van der Waals surface area (Å²) >= 11 is 3.68. The van der Waals surface area contributed by atoms with Crippen molar-refractivity contribution in [1.82, 2.24) is 0 Å². The second-order valence-corrected chi connectivity index (χ2v) is 5.33. The number of benzene rings is 1. The molecule has 1 aromatic rings. The Morgan fingerprint density at radius 2 is 1.93 bits per heavy atom. The average Bonchev–Trinajstić information content (AvgIpc) is 3.03. The van der Waals surface area contributed by atoms with Gasteiger partial charge in [0.25, 0.3) is 0 Å². The maximum Gasteiger partial charge on any atom is 0.0210 e. The van der Waals surface area contributed by atoms with Crippen LogP contribution >= 0.6 is 15.9 Å². The van der Waals surface area contributed by atoms with Gasteiger partial charge in [-0.15, -0.1) is 0 Å². The van der Waals surface area contributed by atoms with Crippen LogP contribution in [0.25, 0.3) is 0 Å². The molecule has 15 heavy (non-hydrogen) atoms. The zero-order valence-electron chi connectivity index (χ0n) is 9.65. The van der Waals surface area contributed by atoms with Crippen molar-refractivity contribution in [1.29, 1.82) is 0 Å². The molecule has 1 saturated carbocycles. The molecule has 1 heteroatoms. The van der Waals surface area contributed by atoms with E-state index in [-0.39, 0.29) is 0 Å². The van der Waals surface area contributed by atoms with Crippen LogP contribution in [0.2, 0.25) is 0 Å². The molecule has 0 bridgehead atoms. The highest BCUT2D eigenvalue weighted by Crippen LogP contribution is 2.43. The zero-order chi connectivity index (χ0) is 10.8. The van der Waals surface area contributed by atoms with E-state index in [1.165, 1.54) is 30.2 Å². The lowest BCUT2D eigenvalue weighted by atomic mass is 9.93. The van der Waals surface area contributed by atoms with Crippen LogP contribution in [-0.4, -0.2) is 0 Å². The summed E-state index contributed by atoms with van der Waals surface area (Å²) in [7, 11) is 0. The summed E-state index contributed by atoms with van der Waals surface area (Å²) in [6.07, 6.45) is 6.46. The Balaban J connectivity index is 2.44. The minimum absolute atomic E-state index is 0.880. The van der Waals surface area contributed by atoms with Gasteiger partial charge in [-0.25, -0.2) is 0 Å². The highest BCUT2D eigenvalue weighted by Gasteiger charge is 2.26. The van der Waals surface area contributed by atoms with E-state index >= 15 is 0 Å². The molecule has 0 atom stereocenters. The standard InChI is InChI=1S/C14H19Br/c1-3-5-13-11(4-2)14(15)9-8-12(13)10-6-7-10/h8-10H,3-7H2,1-2H3. The molecule has 0 nitrogen and oxygen atoms in total. The van der Waals surface area contributed by atoms with E-state index in [1.54, 1.807) is 16.7 Å². The van der Waals surface area contributed by atoms with Crippen molar-refractivity contribution in [3.63, 3.8) is 0 Å². The molecule has 0 radical (unpaired) electrons. The third kappa shape index (κ3) is 2.28. The zero-order valence-corrected chi connectivity index (χ0v) is 11.2. The van der Waals surface area contributed by atoms with E-state index in [0.717, 1.165) is 12.3 Å². The summed E-state index contributed by atoms with van der Waals surface area (Å²) in [5.74, 6) is 0.880. The number of rotatable bonds is 4. The third-order valence-electron chi connectivity index (χ3n) is 3.28. The molecule has 1 fully saturated rings. The van der Waals surface area contributed by atoms with Crippen molar-refractivity contribution in [2.75, 3.05) is 0 Å². The monoisotopic (exact) mass is 266 g/mol. The molecule has 1 aromatic carbocycles. The quantitative estimate of drug-likeness (QED) is 0.732. The Morgan fingerprint density at radius 1 is 1.20 bits per heavy atom. The lowest BCUT2D eigenvalue weighted by molar-refractivity contribution is 0.871. The number of halogens is 1. The fourth-order valence-corrected chi connectivity index (χ4v) is 3.04. The van der Waals surface area contributed by atoms with E-state index < -0.39 is 0 Å². The molecular weight excluding hydrogens is 248 g/mol. The van der Waals surface area contributed by atoms with Crippen molar-refractivity contribution >= 4 is 15.9 Å². The summed E-state index contributed by atoms with van der Waals surface area (Å²) in [5, 5.41) is 0. The Hall–Kier alpha value is -0.300. The van der Waals surface area contributed by atoms with Crippen molar-refractivity contribution in [3.8, 4) is 0 Å². The van der Waals surface area contributed by atoms with Crippen LogP contribution < -0.4 is 0 Å². The molecular formula is C14H19Br. The molecule has 0 aromatic heterocycles. The molecule has 2 rings (SSSR count). The lowest BCUT2D eigenvalue weighted by Gasteiger charge is -2.14. The third-order valence-corrected chi connectivity index (χ3v) is 4.02. The molecule has 0 unspecified atom stereocenters. The highest BCUT2D eigenvalue weighted by atomic mass is 79.9. The predicted octanol–water partition coefficient (Wildman–Crippen LogP) is 4.84. The molecule has 0 aliphatic heterocycles. The average molecular weight is 267 g/mol. The first kappa shape index (κ1) is 11.2. The minimum atomic E-state index is 0.880. The fraction of sp³-hybridized carbons (Fsp3) is 0.571. The van der Waals surface area contributed by atoms with Crippen LogP contribution in [0.3, 0.4) is 0 Å². The first-order chi connectivity index (χ1) is 7.27. The van der Waals surface area contributed by atoms with E-state index in [4.69, 9.17) is 0 Å². The van der Waals surface area contributed by atoms with Crippen LogP contribution in [0.5, 0.6) is 0 Å². The summed E-state index contributed by atoms with van der Waals surface area (Å²) in [6, 6.07) is 4.58. The van der Waals surface area contributed by atoms with E-state index in [2.05, 4.69) is 41.9 Å². The van der Waals surface area contributed by atoms with Crippen molar-refractivity contribution < 1.29 is 0 Å². The van der Waals surface area contributed by atoms with Crippen molar-refractivity contribution in [2.45, 2.75) is 51.9 Å². The molecule has 0 saturated heterocycles. The summed E-state index contributed by atoms with van der Waals surface area (Å²) < 4.78 is 1.30. The topological polar surface area (TPSA) is 0 Å². The maximum atomic E-state index is 3.68. The largest absolute Gasteiger partial charge is 0.0651 e.